The molecule has 0 spiro atoms. The second-order valence-corrected chi connectivity index (χ2v) is 29.4. The van der Waals surface area contributed by atoms with Crippen LogP contribution in [0.4, 0.5) is 0 Å². The predicted octanol–water partition coefficient (Wildman–Crippen LogP) is 10.4. The molecule has 19 atom stereocenters. The molecule has 24 nitrogen and oxygen atoms in total. The van der Waals surface area contributed by atoms with Crippen LogP contribution in [0.5, 0.6) is 0 Å². The van der Waals surface area contributed by atoms with E-state index in [0.29, 0.717) is 25.2 Å². The van der Waals surface area contributed by atoms with Crippen LogP contribution in [-0.2, 0) is 61.2 Å². The van der Waals surface area contributed by atoms with Crippen LogP contribution >= 0.6 is 7.82 Å². The maximum absolute atomic E-state index is 14.3. The molecule has 0 aromatic carbocycles. The molecule has 2 heterocycles. The Morgan fingerprint density at radius 3 is 1.11 bits per heavy atom. The van der Waals surface area contributed by atoms with Gasteiger partial charge in [0.2, 0.25) is 0 Å². The van der Waals surface area contributed by atoms with Gasteiger partial charge in [-0.1, -0.05) is 265 Å². The van der Waals surface area contributed by atoms with Crippen molar-refractivity contribution in [3.63, 3.8) is 0 Å². The van der Waals surface area contributed by atoms with Gasteiger partial charge in [-0.2, -0.15) is 0 Å². The highest BCUT2D eigenvalue weighted by Crippen LogP contribution is 2.49. The highest BCUT2D eigenvalue weighted by Gasteiger charge is 2.58. The van der Waals surface area contributed by atoms with Crippen LogP contribution in [0.2, 0.25) is 0 Å². The van der Waals surface area contributed by atoms with Gasteiger partial charge in [-0.05, 0) is 25.2 Å². The summed E-state index contributed by atoms with van der Waals surface area (Å²) in [5.41, 5.74) is 0. The van der Waals surface area contributed by atoms with Gasteiger partial charge in [0.1, 0.15) is 98.7 Å². The van der Waals surface area contributed by atoms with E-state index in [1.807, 2.05) is 0 Å². The number of ether oxygens (including phenoxy) is 7. The molecular weight excluding hydrogens is 1280 g/mol. The fourth-order valence-electron chi connectivity index (χ4n) is 12.9. The smallest absolute Gasteiger partial charge is 0.463 e. The number of carbonyl (C=O) groups excluding carboxylic acids is 3. The molecule has 3 fully saturated rings. The number of aliphatic hydroxyl groups is 10. The van der Waals surface area contributed by atoms with E-state index in [9.17, 15) is 74.9 Å². The summed E-state index contributed by atoms with van der Waals surface area (Å²) in [7, 11) is -5.69. The molecule has 2 aliphatic heterocycles. The van der Waals surface area contributed by atoms with Crippen molar-refractivity contribution in [3.05, 3.63) is 0 Å². The molecule has 2 saturated heterocycles. The molecule has 97 heavy (non-hydrogen) atoms. The quantitative estimate of drug-likeness (QED) is 0.0117. The Morgan fingerprint density at radius 1 is 0.392 bits per heavy atom. The zero-order valence-electron chi connectivity index (χ0n) is 59.8. The van der Waals surface area contributed by atoms with Crippen LogP contribution in [0.15, 0.2) is 0 Å². The molecule has 3 rings (SSSR count). The fraction of sp³-hybridized carbons (Fsp3) is 0.958. The normalized spacial score (nSPS) is 28.1. The average molecular weight is 1420 g/mol. The van der Waals surface area contributed by atoms with E-state index in [1.165, 1.54) is 148 Å². The number of hydrogen-bond donors (Lipinski definition) is 11. The van der Waals surface area contributed by atoms with Crippen LogP contribution in [0.25, 0.3) is 0 Å². The van der Waals surface area contributed by atoms with E-state index in [2.05, 4.69) is 27.7 Å². The van der Waals surface area contributed by atoms with Crippen molar-refractivity contribution >= 4 is 25.7 Å². The van der Waals surface area contributed by atoms with Crippen LogP contribution < -0.4 is 0 Å². The first-order valence-corrected chi connectivity index (χ1v) is 39.7. The lowest BCUT2D eigenvalue weighted by Crippen LogP contribution is -2.69. The van der Waals surface area contributed by atoms with Crippen molar-refractivity contribution in [3.8, 4) is 0 Å². The van der Waals surface area contributed by atoms with Gasteiger partial charge < -0.3 is 89.1 Å². The van der Waals surface area contributed by atoms with E-state index < -0.39 is 156 Å². The Bertz CT molecular complexity index is 2030. The Balaban J connectivity index is 1.74. The summed E-state index contributed by atoms with van der Waals surface area (Å²) in [5.74, 6) is -1.30. The summed E-state index contributed by atoms with van der Waals surface area (Å²) < 4.78 is 65.1. The number of esters is 3. The third kappa shape index (κ3) is 37.3. The Hall–Kier alpha value is -2.04. The topological polar surface area (TPSA) is 374 Å². The highest BCUT2D eigenvalue weighted by molar-refractivity contribution is 7.47. The van der Waals surface area contributed by atoms with Gasteiger partial charge in [-0.3, -0.25) is 23.4 Å². The van der Waals surface area contributed by atoms with Crippen molar-refractivity contribution in [2.45, 2.75) is 408 Å². The summed E-state index contributed by atoms with van der Waals surface area (Å²) in [6, 6.07) is 0. The zero-order chi connectivity index (χ0) is 71.2. The molecule has 11 N–H and O–H groups in total. The molecule has 1 saturated carbocycles. The van der Waals surface area contributed by atoms with E-state index in [0.717, 1.165) is 89.9 Å². The standard InChI is InChI=1S/C72H135O24P/c1-5-8-11-14-17-19-21-22-23-24-26-28-29-35-40-45-56(74)88-49-53(91-58(76)47-42-37-32-31-34-39-44-52(4)43-38-33-16-13-10-7-3)50-90-97(86,87)96-70-68(94-71-66(84)61(79)59(77)54(48-73)92-71)64(82)63(81)65(83)69(70)95-72-67(85)62(80)60(78)55(93-72)51-89-57(75)46-41-36-30-27-25-20-18-15-12-9-6-2/h52-55,59-73,77-85H,5-51H2,1-4H3,(H,86,87). The second-order valence-electron chi connectivity index (χ2n) is 28.0. The highest BCUT2D eigenvalue weighted by atomic mass is 31.2. The monoisotopic (exact) mass is 1410 g/mol. The lowest BCUT2D eigenvalue weighted by Gasteiger charge is -2.49. The van der Waals surface area contributed by atoms with Gasteiger partial charge >= 0.3 is 25.7 Å². The maximum atomic E-state index is 14.3. The third-order valence-corrected chi connectivity index (χ3v) is 20.3. The van der Waals surface area contributed by atoms with Gasteiger partial charge in [-0.25, -0.2) is 4.57 Å². The minimum absolute atomic E-state index is 0.0323. The molecule has 0 aromatic rings. The Kier molecular flexibility index (Phi) is 49.4. The molecule has 3 aliphatic rings. The lowest BCUT2D eigenvalue weighted by atomic mass is 9.84. The fourth-order valence-corrected chi connectivity index (χ4v) is 13.9. The van der Waals surface area contributed by atoms with Gasteiger partial charge in [0.25, 0.3) is 0 Å². The van der Waals surface area contributed by atoms with Crippen molar-refractivity contribution < 1.29 is 117 Å². The number of hydrogen-bond acceptors (Lipinski definition) is 23. The second kappa shape index (κ2) is 53.7. The first kappa shape index (κ1) is 89.2. The van der Waals surface area contributed by atoms with Crippen molar-refractivity contribution in [1.29, 1.82) is 0 Å². The lowest BCUT2D eigenvalue weighted by molar-refractivity contribution is -0.360. The minimum Gasteiger partial charge on any atom is -0.463 e. The summed E-state index contributed by atoms with van der Waals surface area (Å²) in [5, 5.41) is 110. The molecule has 25 heteroatoms. The number of unbranched alkanes of at least 4 members (excludes halogenated alkanes) is 34. The maximum Gasteiger partial charge on any atom is 0.472 e. The Labute approximate surface area is 580 Å². The van der Waals surface area contributed by atoms with Crippen molar-refractivity contribution in [1.82, 2.24) is 0 Å². The number of aliphatic hydroxyl groups excluding tert-OH is 10. The van der Waals surface area contributed by atoms with E-state index in [1.54, 1.807) is 0 Å². The summed E-state index contributed by atoms with van der Waals surface area (Å²) >= 11 is 0. The van der Waals surface area contributed by atoms with Crippen LogP contribution in [-0.4, -0.2) is 204 Å². The van der Waals surface area contributed by atoms with Gasteiger partial charge in [0, 0.05) is 19.3 Å². The number of rotatable bonds is 59. The number of carbonyl (C=O) groups is 3. The van der Waals surface area contributed by atoms with E-state index >= 15 is 0 Å². The van der Waals surface area contributed by atoms with E-state index in [-0.39, 0.29) is 19.3 Å². The summed E-state index contributed by atoms with van der Waals surface area (Å²) in [4.78, 5) is 51.0. The van der Waals surface area contributed by atoms with Gasteiger partial charge in [0.05, 0.1) is 13.2 Å². The van der Waals surface area contributed by atoms with Crippen molar-refractivity contribution in [2.75, 3.05) is 26.4 Å². The molecule has 0 bridgehead atoms. The largest absolute Gasteiger partial charge is 0.472 e. The Morgan fingerprint density at radius 2 is 0.722 bits per heavy atom. The number of phosphoric acid groups is 1. The SMILES string of the molecule is CCCCCCCCCCCCCCCCCC(=O)OCC(COP(=O)(O)OC1C(OC2OC(CO)C(O)C(O)C2O)C(O)C(O)C(O)C1OC1OC(COC(=O)CCCCCCCCCCCCC)C(O)C(O)C1O)OC(=O)CCCCCCCCC(C)CCCCCCCC. The molecule has 1 aliphatic carbocycles. The van der Waals surface area contributed by atoms with Gasteiger partial charge in [0.15, 0.2) is 18.7 Å². The minimum atomic E-state index is -5.69. The number of phosphoric ester groups is 1. The molecule has 0 amide bonds. The van der Waals surface area contributed by atoms with Crippen LogP contribution in [0.3, 0.4) is 0 Å². The first-order valence-electron chi connectivity index (χ1n) is 38.2. The van der Waals surface area contributed by atoms with Crippen LogP contribution in [0, 0.1) is 5.92 Å². The molecule has 0 radical (unpaired) electrons. The van der Waals surface area contributed by atoms with Crippen molar-refractivity contribution in [2.24, 2.45) is 5.92 Å². The van der Waals surface area contributed by atoms with Crippen LogP contribution in [0.1, 0.15) is 304 Å². The molecular formula is C72H135O24P. The molecule has 19 unspecified atom stereocenters. The average Bonchev–Trinajstić information content (AvgIpc) is 0.762. The predicted molar refractivity (Wildman–Crippen MR) is 365 cm³/mol. The summed E-state index contributed by atoms with van der Waals surface area (Å²) in [6.45, 7) is 5.77. The molecule has 572 valence electrons. The van der Waals surface area contributed by atoms with Gasteiger partial charge in [-0.15, -0.1) is 0 Å². The third-order valence-electron chi connectivity index (χ3n) is 19.3. The summed E-state index contributed by atoms with van der Waals surface area (Å²) in [6.07, 6.45) is 8.93. The first-order chi connectivity index (χ1) is 46.7. The zero-order valence-corrected chi connectivity index (χ0v) is 60.7. The van der Waals surface area contributed by atoms with E-state index in [4.69, 9.17) is 42.2 Å². The molecule has 0 aromatic heterocycles.